The summed E-state index contributed by atoms with van der Waals surface area (Å²) >= 11 is 11.8. The Bertz CT molecular complexity index is 514. The highest BCUT2D eigenvalue weighted by molar-refractivity contribution is 6.42. The highest BCUT2D eigenvalue weighted by Crippen LogP contribution is 2.24. The average Bonchev–Trinajstić information content (AvgIpc) is 2.94. The summed E-state index contributed by atoms with van der Waals surface area (Å²) in [5.74, 6) is 0. The van der Waals surface area contributed by atoms with Crippen molar-refractivity contribution in [1.82, 2.24) is 10.2 Å². The molecule has 7 heteroatoms. The molecular weight excluding hydrogens is 325 g/mol. The first-order valence-electron chi connectivity index (χ1n) is 7.33. The highest BCUT2D eigenvalue weighted by atomic mass is 35.5. The first-order chi connectivity index (χ1) is 10.6. The van der Waals surface area contributed by atoms with Crippen molar-refractivity contribution < 1.29 is 9.53 Å². The van der Waals surface area contributed by atoms with Gasteiger partial charge in [0.2, 0.25) is 0 Å². The molecule has 1 aliphatic rings. The largest absolute Gasteiger partial charge is 0.383 e. The lowest BCUT2D eigenvalue weighted by Gasteiger charge is -2.24. The number of ether oxygens (including phenoxy) is 1. The zero-order chi connectivity index (χ0) is 15.9. The number of carbonyl (C=O) groups excluding carboxylic acids is 1. The van der Waals surface area contributed by atoms with E-state index in [0.29, 0.717) is 34.9 Å². The Morgan fingerprint density at radius 1 is 1.41 bits per heavy atom. The molecule has 1 heterocycles. The molecule has 5 nitrogen and oxygen atoms in total. The molecule has 2 amide bonds. The Labute approximate surface area is 140 Å². The third-order valence-electron chi connectivity index (χ3n) is 3.76. The normalized spacial score (nSPS) is 18.4. The molecule has 2 N–H and O–H groups in total. The zero-order valence-corrected chi connectivity index (χ0v) is 14.1. The number of halogens is 2. The van der Waals surface area contributed by atoms with Gasteiger partial charge in [-0.15, -0.1) is 0 Å². The number of nitrogens with one attached hydrogen (secondary N) is 2. The number of methoxy groups -OCH3 is 1. The highest BCUT2D eigenvalue weighted by Gasteiger charge is 2.24. The van der Waals surface area contributed by atoms with Crippen LogP contribution < -0.4 is 10.6 Å². The molecule has 1 fully saturated rings. The molecular formula is C15H21Cl2N3O2. The van der Waals surface area contributed by atoms with Crippen LogP contribution >= 0.6 is 23.2 Å². The van der Waals surface area contributed by atoms with Crippen LogP contribution in [0.15, 0.2) is 18.2 Å². The second-order valence-electron chi connectivity index (χ2n) is 5.29. The number of carbonyl (C=O) groups is 1. The molecule has 0 aliphatic carbocycles. The fraction of sp³-hybridized carbons (Fsp3) is 0.533. The van der Waals surface area contributed by atoms with Crippen molar-refractivity contribution in [3.8, 4) is 0 Å². The number of hydrogen-bond donors (Lipinski definition) is 2. The maximum absolute atomic E-state index is 11.9. The number of hydrogen-bond acceptors (Lipinski definition) is 3. The first-order valence-corrected chi connectivity index (χ1v) is 8.08. The monoisotopic (exact) mass is 345 g/mol. The van der Waals surface area contributed by atoms with Crippen LogP contribution in [0.3, 0.4) is 0 Å². The Hall–Kier alpha value is -1.01. The van der Waals surface area contributed by atoms with E-state index in [1.807, 2.05) is 0 Å². The Morgan fingerprint density at radius 3 is 2.95 bits per heavy atom. The number of amides is 2. The van der Waals surface area contributed by atoms with Crippen LogP contribution in [-0.4, -0.2) is 50.3 Å². The second-order valence-corrected chi connectivity index (χ2v) is 6.10. The van der Waals surface area contributed by atoms with E-state index >= 15 is 0 Å². The summed E-state index contributed by atoms with van der Waals surface area (Å²) in [5, 5.41) is 6.54. The molecule has 22 heavy (non-hydrogen) atoms. The summed E-state index contributed by atoms with van der Waals surface area (Å²) in [4.78, 5) is 14.3. The standard InChI is InChI=1S/C15H21Cl2N3O2/c1-22-8-7-20-6-2-3-12(20)10-18-15(21)19-11-4-5-13(16)14(17)9-11/h4-5,9,12H,2-3,6-8,10H2,1H3,(H2,18,19,21). The van der Waals surface area contributed by atoms with Crippen LogP contribution in [0.4, 0.5) is 10.5 Å². The van der Waals surface area contributed by atoms with Gasteiger partial charge in [0.05, 0.1) is 16.7 Å². The molecule has 122 valence electrons. The first kappa shape index (κ1) is 17.3. The summed E-state index contributed by atoms with van der Waals surface area (Å²) < 4.78 is 5.11. The van der Waals surface area contributed by atoms with Gasteiger partial charge in [0.15, 0.2) is 0 Å². The van der Waals surface area contributed by atoms with Crippen molar-refractivity contribution in [3.63, 3.8) is 0 Å². The Balaban J connectivity index is 1.78. The van der Waals surface area contributed by atoms with E-state index in [1.54, 1.807) is 25.3 Å². The van der Waals surface area contributed by atoms with Crippen LogP contribution in [0.2, 0.25) is 10.0 Å². The molecule has 1 aromatic rings. The van der Waals surface area contributed by atoms with Crippen molar-refractivity contribution in [2.45, 2.75) is 18.9 Å². The van der Waals surface area contributed by atoms with Gasteiger partial charge in [0, 0.05) is 31.9 Å². The number of likely N-dealkylation sites (tertiary alicyclic amines) is 1. The van der Waals surface area contributed by atoms with E-state index in [0.717, 1.165) is 25.9 Å². The molecule has 1 aromatic carbocycles. The molecule has 2 rings (SSSR count). The SMILES string of the molecule is COCCN1CCCC1CNC(=O)Nc1ccc(Cl)c(Cl)c1. The van der Waals surface area contributed by atoms with Crippen molar-refractivity contribution in [3.05, 3.63) is 28.2 Å². The van der Waals surface area contributed by atoms with Crippen LogP contribution in [-0.2, 0) is 4.74 Å². The average molecular weight is 346 g/mol. The maximum atomic E-state index is 11.9. The fourth-order valence-electron chi connectivity index (χ4n) is 2.59. The third-order valence-corrected chi connectivity index (χ3v) is 4.50. The van der Waals surface area contributed by atoms with Crippen molar-refractivity contribution >= 4 is 34.9 Å². The molecule has 0 saturated carbocycles. The van der Waals surface area contributed by atoms with Crippen molar-refractivity contribution in [2.24, 2.45) is 0 Å². The number of benzene rings is 1. The summed E-state index contributed by atoms with van der Waals surface area (Å²) in [6.45, 7) is 3.30. The van der Waals surface area contributed by atoms with Crippen molar-refractivity contribution in [2.75, 3.05) is 38.7 Å². The quantitative estimate of drug-likeness (QED) is 0.832. The zero-order valence-electron chi connectivity index (χ0n) is 12.6. The summed E-state index contributed by atoms with van der Waals surface area (Å²) in [5.41, 5.74) is 0.620. The van der Waals surface area contributed by atoms with E-state index < -0.39 is 0 Å². The predicted octanol–water partition coefficient (Wildman–Crippen LogP) is 3.23. The molecule has 1 atom stereocenters. The molecule has 1 saturated heterocycles. The smallest absolute Gasteiger partial charge is 0.319 e. The molecule has 0 bridgehead atoms. The number of urea groups is 1. The molecule has 0 aromatic heterocycles. The second kappa shape index (κ2) is 8.58. The number of anilines is 1. The van der Waals surface area contributed by atoms with E-state index in [-0.39, 0.29) is 6.03 Å². The maximum Gasteiger partial charge on any atom is 0.319 e. The van der Waals surface area contributed by atoms with Gasteiger partial charge in [-0.25, -0.2) is 4.79 Å². The van der Waals surface area contributed by atoms with Gasteiger partial charge in [-0.05, 0) is 37.6 Å². The van der Waals surface area contributed by atoms with Gasteiger partial charge in [-0.1, -0.05) is 23.2 Å². The van der Waals surface area contributed by atoms with Gasteiger partial charge in [0.1, 0.15) is 0 Å². The molecule has 1 unspecified atom stereocenters. The summed E-state index contributed by atoms with van der Waals surface area (Å²) in [7, 11) is 1.70. The Morgan fingerprint density at radius 2 is 2.23 bits per heavy atom. The molecule has 0 spiro atoms. The number of nitrogens with zero attached hydrogens (tertiary/aromatic N) is 1. The lowest BCUT2D eigenvalue weighted by atomic mass is 10.2. The summed E-state index contributed by atoms with van der Waals surface area (Å²) in [6.07, 6.45) is 2.25. The minimum Gasteiger partial charge on any atom is -0.383 e. The van der Waals surface area contributed by atoms with Crippen LogP contribution in [0.1, 0.15) is 12.8 Å². The minimum atomic E-state index is -0.239. The Kier molecular flexibility index (Phi) is 6.76. The van der Waals surface area contributed by atoms with Gasteiger partial charge in [-0.3, -0.25) is 4.90 Å². The third kappa shape index (κ3) is 5.02. The lowest BCUT2D eigenvalue weighted by molar-refractivity contribution is 0.140. The summed E-state index contributed by atoms with van der Waals surface area (Å²) in [6, 6.07) is 5.13. The van der Waals surface area contributed by atoms with E-state index in [1.165, 1.54) is 0 Å². The van der Waals surface area contributed by atoms with E-state index in [4.69, 9.17) is 27.9 Å². The van der Waals surface area contributed by atoms with Gasteiger partial charge in [0.25, 0.3) is 0 Å². The van der Waals surface area contributed by atoms with Gasteiger partial charge in [-0.2, -0.15) is 0 Å². The molecule has 1 aliphatic heterocycles. The van der Waals surface area contributed by atoms with Crippen molar-refractivity contribution in [1.29, 1.82) is 0 Å². The van der Waals surface area contributed by atoms with E-state index in [9.17, 15) is 4.79 Å². The fourth-order valence-corrected chi connectivity index (χ4v) is 2.89. The van der Waals surface area contributed by atoms with E-state index in [2.05, 4.69) is 15.5 Å². The topological polar surface area (TPSA) is 53.6 Å². The minimum absolute atomic E-state index is 0.239. The molecule has 0 radical (unpaired) electrons. The lowest BCUT2D eigenvalue weighted by Crippen LogP contribution is -2.42. The van der Waals surface area contributed by atoms with Gasteiger partial charge >= 0.3 is 6.03 Å². The van der Waals surface area contributed by atoms with Crippen LogP contribution in [0.25, 0.3) is 0 Å². The number of rotatable bonds is 6. The van der Waals surface area contributed by atoms with Gasteiger partial charge < -0.3 is 15.4 Å². The predicted molar refractivity (Wildman–Crippen MR) is 90.0 cm³/mol. The van der Waals surface area contributed by atoms with Crippen LogP contribution in [0.5, 0.6) is 0 Å². The van der Waals surface area contributed by atoms with Crippen LogP contribution in [0, 0.1) is 0 Å².